The third kappa shape index (κ3) is 5.07. The van der Waals surface area contributed by atoms with Crippen LogP contribution in [0.25, 0.3) is 0 Å². The van der Waals surface area contributed by atoms with E-state index in [9.17, 15) is 16.8 Å². The highest BCUT2D eigenvalue weighted by Gasteiger charge is 2.38. The normalized spacial score (nSPS) is 16.3. The first-order valence-corrected chi connectivity index (χ1v) is 13.8. The minimum Gasteiger partial charge on any atom is -0.497 e. The molecule has 3 aromatic carbocycles. The molecule has 178 valence electrons. The van der Waals surface area contributed by atoms with Crippen LogP contribution in [0.2, 0.25) is 0 Å². The van der Waals surface area contributed by atoms with Crippen molar-refractivity contribution < 1.29 is 21.6 Å². The Morgan fingerprint density at radius 3 is 2.35 bits per heavy atom. The maximum Gasteiger partial charge on any atom is 0.279 e. The molecule has 1 heterocycles. The van der Waals surface area contributed by atoms with E-state index < -0.39 is 26.1 Å². The van der Waals surface area contributed by atoms with Crippen molar-refractivity contribution in [2.24, 2.45) is 5.10 Å². The third-order valence-electron chi connectivity index (χ3n) is 5.42. The van der Waals surface area contributed by atoms with Crippen molar-refractivity contribution in [3.05, 3.63) is 89.5 Å². The Bertz CT molecular complexity index is 1450. The van der Waals surface area contributed by atoms with E-state index in [0.29, 0.717) is 29.1 Å². The van der Waals surface area contributed by atoms with Crippen molar-refractivity contribution in [3.8, 4) is 5.75 Å². The van der Waals surface area contributed by atoms with E-state index in [-0.39, 0.29) is 4.90 Å². The van der Waals surface area contributed by atoms with Gasteiger partial charge in [0.15, 0.2) is 0 Å². The lowest BCUT2D eigenvalue weighted by Crippen LogP contribution is -2.27. The number of hydrogen-bond donors (Lipinski definition) is 1. The van der Waals surface area contributed by atoms with E-state index in [1.165, 1.54) is 0 Å². The lowest BCUT2D eigenvalue weighted by molar-refractivity contribution is 0.368. The zero-order valence-electron chi connectivity index (χ0n) is 19.0. The molecular weight excluding hydrogens is 474 g/mol. The highest BCUT2D eigenvalue weighted by Crippen LogP contribution is 2.38. The molecule has 4 rings (SSSR count). The molecule has 0 aliphatic carbocycles. The Balaban J connectivity index is 1.79. The molecule has 0 fully saturated rings. The zero-order valence-corrected chi connectivity index (χ0v) is 20.6. The van der Waals surface area contributed by atoms with Crippen molar-refractivity contribution in [1.29, 1.82) is 0 Å². The lowest BCUT2D eigenvalue weighted by atomic mass is 9.99. The Labute approximate surface area is 200 Å². The summed E-state index contributed by atoms with van der Waals surface area (Å²) in [6.45, 7) is 1.89. The Morgan fingerprint density at radius 1 is 0.971 bits per heavy atom. The molecule has 8 nitrogen and oxygen atoms in total. The topological polar surface area (TPSA) is 105 Å². The molecule has 0 saturated carbocycles. The van der Waals surface area contributed by atoms with Gasteiger partial charge < -0.3 is 4.74 Å². The van der Waals surface area contributed by atoms with Crippen molar-refractivity contribution in [2.75, 3.05) is 18.1 Å². The standard InChI is InChI=1S/C24H25N3O5S2/c1-17-10-12-22(13-11-17)34(30,31)27-24(19-7-5-9-21(15-19)32-2)16-23(25-27)18-6-4-8-20(14-18)26-33(3,28)29/h4-15,24,26H,16H2,1-3H3/t24-/m0/s1. The molecule has 34 heavy (non-hydrogen) atoms. The molecule has 0 aromatic heterocycles. The fraction of sp³-hybridized carbons (Fsp3) is 0.208. The van der Waals surface area contributed by atoms with Crippen LogP contribution in [0.4, 0.5) is 5.69 Å². The molecule has 1 N–H and O–H groups in total. The number of aryl methyl sites for hydroxylation is 1. The molecular formula is C24H25N3O5S2. The number of rotatable bonds is 7. The minimum absolute atomic E-state index is 0.142. The quantitative estimate of drug-likeness (QED) is 0.531. The Hall–Kier alpha value is -3.37. The molecule has 0 amide bonds. The second kappa shape index (κ2) is 9.11. The number of hydrazone groups is 1. The number of nitrogens with zero attached hydrogens (tertiary/aromatic N) is 2. The minimum atomic E-state index is -3.96. The molecule has 0 radical (unpaired) electrons. The number of hydrogen-bond acceptors (Lipinski definition) is 6. The van der Waals surface area contributed by atoms with Gasteiger partial charge in [-0.25, -0.2) is 8.42 Å². The number of anilines is 1. The van der Waals surface area contributed by atoms with Gasteiger partial charge in [0.25, 0.3) is 10.0 Å². The predicted octanol–water partition coefficient (Wildman–Crippen LogP) is 3.92. The van der Waals surface area contributed by atoms with E-state index in [4.69, 9.17) is 4.74 Å². The molecule has 1 atom stereocenters. The first-order valence-electron chi connectivity index (χ1n) is 10.5. The summed E-state index contributed by atoms with van der Waals surface area (Å²) in [6, 6.07) is 20.0. The van der Waals surface area contributed by atoms with Gasteiger partial charge in [-0.05, 0) is 54.4 Å². The summed E-state index contributed by atoms with van der Waals surface area (Å²) in [6.07, 6.45) is 1.38. The average molecular weight is 500 g/mol. The van der Waals surface area contributed by atoms with Crippen LogP contribution in [0.15, 0.2) is 82.8 Å². The fourth-order valence-corrected chi connectivity index (χ4v) is 5.76. The maximum atomic E-state index is 13.6. The van der Waals surface area contributed by atoms with Crippen LogP contribution in [0.5, 0.6) is 5.75 Å². The van der Waals surface area contributed by atoms with Gasteiger partial charge in [0, 0.05) is 12.1 Å². The highest BCUT2D eigenvalue weighted by atomic mass is 32.2. The molecule has 1 aliphatic heterocycles. The van der Waals surface area contributed by atoms with Crippen LogP contribution in [0.3, 0.4) is 0 Å². The van der Waals surface area contributed by atoms with Crippen molar-refractivity contribution >= 4 is 31.4 Å². The monoisotopic (exact) mass is 499 g/mol. The molecule has 0 bridgehead atoms. The first-order chi connectivity index (χ1) is 16.1. The summed E-state index contributed by atoms with van der Waals surface area (Å²) in [7, 11) is -5.87. The van der Waals surface area contributed by atoms with Gasteiger partial charge in [-0.15, -0.1) is 0 Å². The summed E-state index contributed by atoms with van der Waals surface area (Å²) < 4.78 is 59.4. The van der Waals surface area contributed by atoms with E-state index in [1.54, 1.807) is 73.8 Å². The highest BCUT2D eigenvalue weighted by molar-refractivity contribution is 7.92. The SMILES string of the molecule is COc1cccc([C@@H]2CC(c3cccc(NS(C)(=O)=O)c3)=NN2S(=O)(=O)c2ccc(C)cc2)c1. The number of nitrogens with one attached hydrogen (secondary N) is 1. The van der Waals surface area contributed by atoms with Crippen LogP contribution in [0.1, 0.15) is 29.2 Å². The summed E-state index contributed by atoms with van der Waals surface area (Å²) in [5.41, 5.74) is 3.22. The lowest BCUT2D eigenvalue weighted by Gasteiger charge is -2.23. The van der Waals surface area contributed by atoms with E-state index >= 15 is 0 Å². The predicted molar refractivity (Wildman–Crippen MR) is 132 cm³/mol. The van der Waals surface area contributed by atoms with Crippen LogP contribution in [0, 0.1) is 6.92 Å². The van der Waals surface area contributed by atoms with Crippen molar-refractivity contribution in [3.63, 3.8) is 0 Å². The van der Waals surface area contributed by atoms with E-state index in [2.05, 4.69) is 9.82 Å². The third-order valence-corrected chi connectivity index (χ3v) is 7.72. The van der Waals surface area contributed by atoms with Crippen LogP contribution >= 0.6 is 0 Å². The largest absolute Gasteiger partial charge is 0.497 e. The van der Waals surface area contributed by atoms with Gasteiger partial charge in [-0.1, -0.05) is 42.0 Å². The fourth-order valence-electron chi connectivity index (χ4n) is 3.78. The first kappa shape index (κ1) is 23.8. The summed E-state index contributed by atoms with van der Waals surface area (Å²) in [5, 5.41) is 4.52. The average Bonchev–Trinajstić information content (AvgIpc) is 3.25. The second-order valence-corrected chi connectivity index (χ2v) is 11.6. The van der Waals surface area contributed by atoms with Crippen LogP contribution in [-0.4, -0.2) is 40.3 Å². The van der Waals surface area contributed by atoms with Gasteiger partial charge in [-0.3, -0.25) is 4.72 Å². The zero-order chi connectivity index (χ0) is 24.5. The summed E-state index contributed by atoms with van der Waals surface area (Å²) >= 11 is 0. The molecule has 0 unspecified atom stereocenters. The number of benzene rings is 3. The smallest absolute Gasteiger partial charge is 0.279 e. The molecule has 0 spiro atoms. The number of sulfonamides is 2. The molecule has 1 aliphatic rings. The number of methoxy groups -OCH3 is 1. The van der Waals surface area contributed by atoms with E-state index in [0.717, 1.165) is 21.8 Å². The van der Waals surface area contributed by atoms with E-state index in [1.807, 2.05) is 13.0 Å². The number of ether oxygens (including phenoxy) is 1. The van der Waals surface area contributed by atoms with Crippen molar-refractivity contribution in [2.45, 2.75) is 24.3 Å². The Morgan fingerprint density at radius 2 is 1.68 bits per heavy atom. The van der Waals surface area contributed by atoms with Gasteiger partial charge in [0.05, 0.1) is 30.0 Å². The summed E-state index contributed by atoms with van der Waals surface area (Å²) in [5.74, 6) is 0.609. The molecule has 3 aromatic rings. The molecule has 0 saturated heterocycles. The second-order valence-electron chi connectivity index (χ2n) is 8.09. The van der Waals surface area contributed by atoms with Gasteiger partial charge in [0.1, 0.15) is 5.75 Å². The molecule has 10 heteroatoms. The van der Waals surface area contributed by atoms with Crippen LogP contribution in [-0.2, 0) is 20.0 Å². The Kier molecular flexibility index (Phi) is 6.37. The van der Waals surface area contributed by atoms with Crippen LogP contribution < -0.4 is 9.46 Å². The van der Waals surface area contributed by atoms with Crippen molar-refractivity contribution in [1.82, 2.24) is 4.41 Å². The van der Waals surface area contributed by atoms with Gasteiger partial charge in [-0.2, -0.15) is 17.9 Å². The maximum absolute atomic E-state index is 13.6. The van der Waals surface area contributed by atoms with Gasteiger partial charge >= 0.3 is 0 Å². The summed E-state index contributed by atoms with van der Waals surface area (Å²) in [4.78, 5) is 0.142. The van der Waals surface area contributed by atoms with Gasteiger partial charge in [0.2, 0.25) is 10.0 Å².